The van der Waals surface area contributed by atoms with E-state index in [-0.39, 0.29) is 30.2 Å². The second kappa shape index (κ2) is 6.97. The number of hydrogen-bond donors (Lipinski definition) is 2. The molecule has 1 amide bonds. The van der Waals surface area contributed by atoms with E-state index in [1.807, 2.05) is 0 Å². The van der Waals surface area contributed by atoms with Crippen molar-refractivity contribution in [3.05, 3.63) is 35.6 Å². The molecule has 1 aromatic rings. The summed E-state index contributed by atoms with van der Waals surface area (Å²) >= 11 is 0. The normalized spacial score (nSPS) is 22.5. The molecule has 0 aliphatic carbocycles. The fourth-order valence-corrected chi connectivity index (χ4v) is 2.86. The van der Waals surface area contributed by atoms with E-state index >= 15 is 0 Å². The standard InChI is InChI=1S/C18H27FN2O2/c1-17(2,3)12-20-13-18(23)9-6-10-21(16(18)22)11-14-7-4-5-8-15(14)19/h4-5,7-8,20,23H,6,9-13H2,1-3H3. The smallest absolute Gasteiger partial charge is 0.256 e. The molecule has 2 rings (SSSR count). The van der Waals surface area contributed by atoms with E-state index in [1.54, 1.807) is 23.1 Å². The molecule has 0 bridgehead atoms. The summed E-state index contributed by atoms with van der Waals surface area (Å²) in [5, 5.41) is 13.9. The van der Waals surface area contributed by atoms with Crippen LogP contribution in [-0.2, 0) is 11.3 Å². The van der Waals surface area contributed by atoms with Crippen LogP contribution in [0.15, 0.2) is 24.3 Å². The molecule has 0 saturated carbocycles. The summed E-state index contributed by atoms with van der Waals surface area (Å²) < 4.78 is 13.8. The largest absolute Gasteiger partial charge is 0.379 e. The average molecular weight is 322 g/mol. The fraction of sp³-hybridized carbons (Fsp3) is 0.611. The van der Waals surface area contributed by atoms with Gasteiger partial charge in [0.2, 0.25) is 0 Å². The molecule has 5 heteroatoms. The third-order valence-corrected chi connectivity index (χ3v) is 4.10. The number of carbonyl (C=O) groups excluding carboxylic acids is 1. The molecule has 0 aromatic heterocycles. The molecule has 128 valence electrons. The van der Waals surface area contributed by atoms with Gasteiger partial charge in [0.05, 0.1) is 0 Å². The van der Waals surface area contributed by atoms with E-state index in [9.17, 15) is 14.3 Å². The maximum atomic E-state index is 13.8. The first-order valence-corrected chi connectivity index (χ1v) is 8.17. The van der Waals surface area contributed by atoms with Crippen LogP contribution in [0.3, 0.4) is 0 Å². The summed E-state index contributed by atoms with van der Waals surface area (Å²) in [4.78, 5) is 14.2. The molecule has 1 saturated heterocycles. The number of halogens is 1. The summed E-state index contributed by atoms with van der Waals surface area (Å²) in [6, 6.07) is 6.45. The number of likely N-dealkylation sites (tertiary alicyclic amines) is 1. The van der Waals surface area contributed by atoms with Crippen molar-refractivity contribution in [2.24, 2.45) is 5.41 Å². The summed E-state index contributed by atoms with van der Waals surface area (Å²) in [6.07, 6.45) is 1.16. The van der Waals surface area contributed by atoms with Crippen LogP contribution < -0.4 is 5.32 Å². The van der Waals surface area contributed by atoms with Crippen molar-refractivity contribution in [2.75, 3.05) is 19.6 Å². The maximum Gasteiger partial charge on any atom is 0.256 e. The molecular formula is C18H27FN2O2. The van der Waals surface area contributed by atoms with Gasteiger partial charge in [-0.1, -0.05) is 39.0 Å². The molecule has 2 N–H and O–H groups in total. The second-order valence-corrected chi connectivity index (χ2v) is 7.62. The second-order valence-electron chi connectivity index (χ2n) is 7.62. The number of nitrogens with one attached hydrogen (secondary N) is 1. The SMILES string of the molecule is CC(C)(C)CNCC1(O)CCCN(Cc2ccccc2F)C1=O. The Morgan fingerprint density at radius 3 is 2.70 bits per heavy atom. The van der Waals surface area contributed by atoms with Gasteiger partial charge in [0.1, 0.15) is 5.82 Å². The van der Waals surface area contributed by atoms with Gasteiger partial charge in [-0.25, -0.2) is 4.39 Å². The van der Waals surface area contributed by atoms with Crippen molar-refractivity contribution < 1.29 is 14.3 Å². The average Bonchev–Trinajstić information content (AvgIpc) is 2.45. The molecule has 1 aliphatic heterocycles. The Morgan fingerprint density at radius 1 is 1.35 bits per heavy atom. The number of hydrogen-bond acceptors (Lipinski definition) is 3. The number of nitrogens with zero attached hydrogens (tertiary/aromatic N) is 1. The van der Waals surface area contributed by atoms with Crippen LogP contribution in [0.5, 0.6) is 0 Å². The van der Waals surface area contributed by atoms with Gasteiger partial charge in [-0.05, 0) is 24.3 Å². The predicted molar refractivity (Wildman–Crippen MR) is 88.3 cm³/mol. The lowest BCUT2D eigenvalue weighted by Gasteiger charge is -2.39. The lowest BCUT2D eigenvalue weighted by atomic mass is 9.90. The van der Waals surface area contributed by atoms with E-state index in [2.05, 4.69) is 26.1 Å². The first-order valence-electron chi connectivity index (χ1n) is 8.17. The summed E-state index contributed by atoms with van der Waals surface area (Å²) in [6.45, 7) is 7.99. The molecule has 1 aliphatic rings. The number of piperidine rings is 1. The highest BCUT2D eigenvalue weighted by Gasteiger charge is 2.42. The Hall–Kier alpha value is -1.46. The van der Waals surface area contributed by atoms with E-state index < -0.39 is 5.60 Å². The minimum atomic E-state index is -1.39. The first kappa shape index (κ1) is 17.9. The van der Waals surface area contributed by atoms with Crippen molar-refractivity contribution in [1.82, 2.24) is 10.2 Å². The molecule has 4 nitrogen and oxygen atoms in total. The Bertz CT molecular complexity index is 556. The summed E-state index contributed by atoms with van der Waals surface area (Å²) in [7, 11) is 0. The predicted octanol–water partition coefficient (Wildman–Crippen LogP) is 2.31. The highest BCUT2D eigenvalue weighted by atomic mass is 19.1. The fourth-order valence-electron chi connectivity index (χ4n) is 2.86. The first-order chi connectivity index (χ1) is 10.7. The maximum absolute atomic E-state index is 13.8. The third-order valence-electron chi connectivity index (χ3n) is 4.10. The minimum Gasteiger partial charge on any atom is -0.379 e. The van der Waals surface area contributed by atoms with Gasteiger partial charge in [0.15, 0.2) is 5.60 Å². The van der Waals surface area contributed by atoms with Crippen molar-refractivity contribution >= 4 is 5.91 Å². The monoisotopic (exact) mass is 322 g/mol. The van der Waals surface area contributed by atoms with E-state index in [0.717, 1.165) is 6.54 Å². The van der Waals surface area contributed by atoms with E-state index in [1.165, 1.54) is 6.07 Å². The molecular weight excluding hydrogens is 295 g/mol. The van der Waals surface area contributed by atoms with Gasteiger partial charge in [-0.2, -0.15) is 0 Å². The topological polar surface area (TPSA) is 52.6 Å². The molecule has 1 fully saturated rings. The quantitative estimate of drug-likeness (QED) is 0.875. The van der Waals surface area contributed by atoms with Crippen LogP contribution >= 0.6 is 0 Å². The number of rotatable bonds is 5. The van der Waals surface area contributed by atoms with Crippen molar-refractivity contribution in [1.29, 1.82) is 0 Å². The summed E-state index contributed by atoms with van der Waals surface area (Å²) in [5.74, 6) is -0.631. The molecule has 1 atom stereocenters. The third kappa shape index (κ3) is 4.75. The van der Waals surface area contributed by atoms with Gasteiger partial charge in [0.25, 0.3) is 5.91 Å². The van der Waals surface area contributed by atoms with E-state index in [4.69, 9.17) is 0 Å². The number of benzene rings is 1. The van der Waals surface area contributed by atoms with Gasteiger partial charge in [0, 0.05) is 31.7 Å². The Kier molecular flexibility index (Phi) is 5.42. The van der Waals surface area contributed by atoms with Gasteiger partial charge in [-0.15, -0.1) is 0 Å². The van der Waals surface area contributed by atoms with Crippen molar-refractivity contribution in [3.8, 4) is 0 Å². The van der Waals surface area contributed by atoms with Crippen LogP contribution in [0, 0.1) is 11.2 Å². The van der Waals surface area contributed by atoms with Crippen molar-refractivity contribution in [3.63, 3.8) is 0 Å². The van der Waals surface area contributed by atoms with Gasteiger partial charge < -0.3 is 15.3 Å². The molecule has 23 heavy (non-hydrogen) atoms. The number of carbonyl (C=O) groups is 1. The zero-order valence-corrected chi connectivity index (χ0v) is 14.2. The van der Waals surface area contributed by atoms with E-state index in [0.29, 0.717) is 24.9 Å². The van der Waals surface area contributed by atoms with Crippen LogP contribution in [0.25, 0.3) is 0 Å². The molecule has 0 spiro atoms. The lowest BCUT2D eigenvalue weighted by molar-refractivity contribution is -0.157. The van der Waals surface area contributed by atoms with Crippen LogP contribution in [0.2, 0.25) is 0 Å². The Labute approximate surface area is 137 Å². The zero-order chi connectivity index (χ0) is 17.1. The number of amides is 1. The highest BCUT2D eigenvalue weighted by molar-refractivity contribution is 5.86. The van der Waals surface area contributed by atoms with Crippen LogP contribution in [0.1, 0.15) is 39.2 Å². The molecule has 0 radical (unpaired) electrons. The number of aliphatic hydroxyl groups is 1. The van der Waals surface area contributed by atoms with Crippen LogP contribution in [-0.4, -0.2) is 41.1 Å². The molecule has 1 unspecified atom stereocenters. The Morgan fingerprint density at radius 2 is 2.04 bits per heavy atom. The van der Waals surface area contributed by atoms with Crippen molar-refractivity contribution in [2.45, 2.75) is 45.8 Å². The minimum absolute atomic E-state index is 0.0843. The highest BCUT2D eigenvalue weighted by Crippen LogP contribution is 2.24. The zero-order valence-electron chi connectivity index (χ0n) is 14.2. The van der Waals surface area contributed by atoms with Gasteiger partial charge in [-0.3, -0.25) is 4.79 Å². The summed E-state index contributed by atoms with van der Waals surface area (Å²) in [5.41, 5.74) is -0.830. The van der Waals surface area contributed by atoms with Gasteiger partial charge >= 0.3 is 0 Å². The molecule has 1 aromatic carbocycles. The lowest BCUT2D eigenvalue weighted by Crippen LogP contribution is -2.58. The Balaban J connectivity index is 2.01. The van der Waals surface area contributed by atoms with Crippen LogP contribution in [0.4, 0.5) is 4.39 Å². The molecule has 1 heterocycles.